The molecular weight excluding hydrogens is 244 g/mol. The topological polar surface area (TPSA) is 6.48 Å². The Balaban J connectivity index is 1.89. The summed E-state index contributed by atoms with van der Waals surface area (Å²) in [4.78, 5) is 5.04. The fourth-order valence-corrected chi connectivity index (χ4v) is 4.44. The molecule has 0 N–H and O–H groups in total. The fourth-order valence-electron chi connectivity index (χ4n) is 4.44. The van der Waals surface area contributed by atoms with Gasteiger partial charge in [0.05, 0.1) is 0 Å². The van der Waals surface area contributed by atoms with Gasteiger partial charge in [0.25, 0.3) is 0 Å². The number of hydrogen-bond donors (Lipinski definition) is 0. The quantitative estimate of drug-likeness (QED) is 0.834. The average Bonchev–Trinajstić information content (AvgIpc) is 2.65. The molecule has 0 radical (unpaired) electrons. The van der Waals surface area contributed by atoms with Gasteiger partial charge in [0.15, 0.2) is 0 Å². The van der Waals surface area contributed by atoms with Crippen molar-refractivity contribution in [2.75, 3.05) is 27.7 Å². The van der Waals surface area contributed by atoms with E-state index in [1.807, 2.05) is 0 Å². The normalized spacial score (nSPS) is 33.9. The molecule has 4 atom stereocenters. The van der Waals surface area contributed by atoms with Gasteiger partial charge >= 0.3 is 0 Å². The van der Waals surface area contributed by atoms with Gasteiger partial charge in [-0.25, -0.2) is 0 Å². The van der Waals surface area contributed by atoms with E-state index < -0.39 is 0 Å². The molecule has 3 rings (SSSR count). The van der Waals surface area contributed by atoms with Gasteiger partial charge in [-0.2, -0.15) is 0 Å². The van der Waals surface area contributed by atoms with Crippen LogP contribution in [0.2, 0.25) is 0 Å². The van der Waals surface area contributed by atoms with E-state index in [0.29, 0.717) is 0 Å². The zero-order chi connectivity index (χ0) is 14.3. The smallest absolute Gasteiger partial charge is 0.0142 e. The Bertz CT molecular complexity index is 451. The number of rotatable bonds is 3. The maximum absolute atomic E-state index is 2.67. The summed E-state index contributed by atoms with van der Waals surface area (Å²) < 4.78 is 0. The second kappa shape index (κ2) is 5.50. The van der Waals surface area contributed by atoms with Gasteiger partial charge in [-0.05, 0) is 64.7 Å². The first kappa shape index (κ1) is 14.1. The highest BCUT2D eigenvalue weighted by atomic mass is 15.2. The number of fused-ring (bicyclic) bond motifs is 2. The number of piperidine rings is 1. The SMILES string of the molecule is Cc1ccc(C2C[C@H]3CCC(C2CN(C)C)N3C)cc1. The third-order valence-corrected chi connectivity index (χ3v) is 5.51. The van der Waals surface area contributed by atoms with Crippen LogP contribution >= 0.6 is 0 Å². The summed E-state index contributed by atoms with van der Waals surface area (Å²) in [5.41, 5.74) is 2.93. The van der Waals surface area contributed by atoms with Crippen LogP contribution in [0, 0.1) is 12.8 Å². The molecule has 2 fully saturated rings. The first-order valence-electron chi connectivity index (χ1n) is 7.99. The van der Waals surface area contributed by atoms with E-state index in [-0.39, 0.29) is 0 Å². The molecule has 1 aromatic rings. The Morgan fingerprint density at radius 3 is 2.50 bits per heavy atom. The van der Waals surface area contributed by atoms with E-state index in [4.69, 9.17) is 0 Å². The third kappa shape index (κ3) is 2.51. The molecule has 0 aromatic heterocycles. The molecule has 2 aliphatic heterocycles. The van der Waals surface area contributed by atoms with Gasteiger partial charge in [0.1, 0.15) is 0 Å². The zero-order valence-corrected chi connectivity index (χ0v) is 13.3. The van der Waals surface area contributed by atoms with Crippen LogP contribution in [0.3, 0.4) is 0 Å². The van der Waals surface area contributed by atoms with Crippen LogP contribution in [0.15, 0.2) is 24.3 Å². The summed E-state index contributed by atoms with van der Waals surface area (Å²) in [5, 5.41) is 0. The van der Waals surface area contributed by atoms with E-state index in [2.05, 4.69) is 62.1 Å². The lowest BCUT2D eigenvalue weighted by atomic mass is 9.76. The number of hydrogen-bond acceptors (Lipinski definition) is 2. The molecule has 1 aromatic carbocycles. The number of benzene rings is 1. The zero-order valence-electron chi connectivity index (χ0n) is 13.3. The predicted molar refractivity (Wildman–Crippen MR) is 85.2 cm³/mol. The van der Waals surface area contributed by atoms with Crippen molar-refractivity contribution in [2.45, 2.75) is 44.2 Å². The highest BCUT2D eigenvalue weighted by molar-refractivity contribution is 5.27. The number of nitrogens with zero attached hydrogens (tertiary/aromatic N) is 2. The Kier molecular flexibility index (Phi) is 3.87. The molecule has 3 unspecified atom stereocenters. The van der Waals surface area contributed by atoms with Crippen LogP contribution in [-0.4, -0.2) is 49.6 Å². The van der Waals surface area contributed by atoms with Crippen LogP contribution in [0.5, 0.6) is 0 Å². The van der Waals surface area contributed by atoms with Crippen molar-refractivity contribution < 1.29 is 0 Å². The van der Waals surface area contributed by atoms with Crippen molar-refractivity contribution >= 4 is 0 Å². The van der Waals surface area contributed by atoms with Gasteiger partial charge in [0.2, 0.25) is 0 Å². The lowest BCUT2D eigenvalue weighted by Gasteiger charge is -2.44. The summed E-state index contributed by atoms with van der Waals surface area (Å²) in [6.45, 7) is 3.39. The van der Waals surface area contributed by atoms with Crippen LogP contribution < -0.4 is 0 Å². The fraction of sp³-hybridized carbons (Fsp3) is 0.667. The number of aryl methyl sites for hydroxylation is 1. The molecule has 2 saturated heterocycles. The highest BCUT2D eigenvalue weighted by Gasteiger charge is 2.45. The molecule has 0 aliphatic carbocycles. The average molecular weight is 272 g/mol. The Morgan fingerprint density at radius 1 is 1.15 bits per heavy atom. The standard InChI is InChI=1S/C18H28N2/c1-13-5-7-14(8-6-13)16-11-15-9-10-18(20(15)4)17(16)12-19(2)3/h5-8,15-18H,9-12H2,1-4H3/t15-,16?,17?,18?/m1/s1. The van der Waals surface area contributed by atoms with Gasteiger partial charge in [-0.15, -0.1) is 0 Å². The summed E-state index contributed by atoms with van der Waals surface area (Å²) >= 11 is 0. The van der Waals surface area contributed by atoms with E-state index in [9.17, 15) is 0 Å². The predicted octanol–water partition coefficient (Wildman–Crippen LogP) is 3.12. The monoisotopic (exact) mass is 272 g/mol. The van der Waals surface area contributed by atoms with Crippen molar-refractivity contribution in [1.82, 2.24) is 9.80 Å². The van der Waals surface area contributed by atoms with Gasteiger partial charge in [-0.1, -0.05) is 29.8 Å². The summed E-state index contributed by atoms with van der Waals surface area (Å²) in [6, 6.07) is 10.9. The molecule has 2 heterocycles. The van der Waals surface area contributed by atoms with Gasteiger partial charge in [-0.3, -0.25) is 0 Å². The Labute approximate surface area is 123 Å². The minimum atomic E-state index is 0.742. The van der Waals surface area contributed by atoms with Crippen molar-refractivity contribution in [2.24, 2.45) is 5.92 Å². The summed E-state index contributed by atoms with van der Waals surface area (Å²) in [5.74, 6) is 1.52. The second-order valence-corrected chi connectivity index (χ2v) is 7.14. The molecule has 2 bridgehead atoms. The lowest BCUT2D eigenvalue weighted by molar-refractivity contribution is 0.0824. The van der Waals surface area contributed by atoms with Gasteiger partial charge in [0, 0.05) is 18.6 Å². The van der Waals surface area contributed by atoms with E-state index in [1.165, 1.54) is 31.4 Å². The molecular formula is C18H28N2. The molecule has 2 aliphatic rings. The van der Waals surface area contributed by atoms with Crippen molar-refractivity contribution in [3.63, 3.8) is 0 Å². The van der Waals surface area contributed by atoms with Crippen LogP contribution in [0.4, 0.5) is 0 Å². The molecule has 0 spiro atoms. The Hall–Kier alpha value is -0.860. The molecule has 20 heavy (non-hydrogen) atoms. The molecule has 0 amide bonds. The minimum absolute atomic E-state index is 0.742. The summed E-state index contributed by atoms with van der Waals surface area (Å²) in [7, 11) is 6.77. The largest absolute Gasteiger partial charge is 0.309 e. The molecule has 110 valence electrons. The first-order chi connectivity index (χ1) is 9.56. The molecule has 0 saturated carbocycles. The van der Waals surface area contributed by atoms with Crippen LogP contribution in [-0.2, 0) is 0 Å². The molecule has 2 nitrogen and oxygen atoms in total. The lowest BCUT2D eigenvalue weighted by Crippen LogP contribution is -2.48. The van der Waals surface area contributed by atoms with Crippen molar-refractivity contribution in [3.05, 3.63) is 35.4 Å². The van der Waals surface area contributed by atoms with Crippen LogP contribution in [0.1, 0.15) is 36.3 Å². The minimum Gasteiger partial charge on any atom is -0.309 e. The summed E-state index contributed by atoms with van der Waals surface area (Å²) in [6.07, 6.45) is 4.13. The van der Waals surface area contributed by atoms with E-state index in [0.717, 1.165) is 23.9 Å². The van der Waals surface area contributed by atoms with E-state index >= 15 is 0 Å². The van der Waals surface area contributed by atoms with Crippen molar-refractivity contribution in [3.8, 4) is 0 Å². The maximum Gasteiger partial charge on any atom is 0.0142 e. The van der Waals surface area contributed by atoms with E-state index in [1.54, 1.807) is 5.56 Å². The first-order valence-corrected chi connectivity index (χ1v) is 7.99. The van der Waals surface area contributed by atoms with Gasteiger partial charge < -0.3 is 9.80 Å². The third-order valence-electron chi connectivity index (χ3n) is 5.51. The van der Waals surface area contributed by atoms with Crippen molar-refractivity contribution in [1.29, 1.82) is 0 Å². The second-order valence-electron chi connectivity index (χ2n) is 7.14. The Morgan fingerprint density at radius 2 is 1.85 bits per heavy atom. The molecule has 2 heteroatoms. The maximum atomic E-state index is 2.67. The highest BCUT2D eigenvalue weighted by Crippen LogP contribution is 2.46. The van der Waals surface area contributed by atoms with Crippen LogP contribution in [0.25, 0.3) is 0 Å².